The number of nitrogen functional groups attached to an aromatic ring is 1. The summed E-state index contributed by atoms with van der Waals surface area (Å²) in [5.41, 5.74) is 6.74. The van der Waals surface area contributed by atoms with Gasteiger partial charge in [-0.05, 0) is 39.1 Å². The van der Waals surface area contributed by atoms with Crippen LogP contribution in [0.2, 0.25) is 0 Å². The van der Waals surface area contributed by atoms with E-state index in [1.54, 1.807) is 12.1 Å². The van der Waals surface area contributed by atoms with Crippen molar-refractivity contribution in [2.24, 2.45) is 0 Å². The number of nitrogens with two attached hydrogens (primary N) is 1. The Morgan fingerprint density at radius 3 is 2.63 bits per heavy atom. The molecule has 7 heteroatoms. The molecule has 108 valence electrons. The normalized spacial score (nSPS) is 13.2. The standard InChI is InChI=1S/C12H21N3O3S/c1-4-18-8-9(2)15-10-5-6-12(11(13)7-10)19(16,17)14-3/h5-7,9,14-15H,4,8,13H2,1-3H3. The molecule has 0 fully saturated rings. The molecular weight excluding hydrogens is 266 g/mol. The number of ether oxygens (including phenoxy) is 1. The van der Waals surface area contributed by atoms with Crippen LogP contribution in [-0.4, -0.2) is 34.7 Å². The van der Waals surface area contributed by atoms with Gasteiger partial charge in [0.15, 0.2) is 0 Å². The molecule has 1 unspecified atom stereocenters. The highest BCUT2D eigenvalue weighted by atomic mass is 32.2. The summed E-state index contributed by atoms with van der Waals surface area (Å²) in [6, 6.07) is 4.89. The quantitative estimate of drug-likeness (QED) is 0.651. The summed E-state index contributed by atoms with van der Waals surface area (Å²) in [5.74, 6) is 0. The lowest BCUT2D eigenvalue weighted by molar-refractivity contribution is 0.141. The molecule has 0 aromatic heterocycles. The monoisotopic (exact) mass is 287 g/mol. The van der Waals surface area contributed by atoms with E-state index in [-0.39, 0.29) is 16.6 Å². The molecule has 0 saturated heterocycles. The summed E-state index contributed by atoms with van der Waals surface area (Å²) in [4.78, 5) is 0.0815. The second-order valence-corrected chi connectivity index (χ2v) is 6.02. The molecule has 1 rings (SSSR count). The van der Waals surface area contributed by atoms with Gasteiger partial charge >= 0.3 is 0 Å². The second-order valence-electron chi connectivity index (χ2n) is 4.17. The van der Waals surface area contributed by atoms with Crippen LogP contribution in [0.5, 0.6) is 0 Å². The van der Waals surface area contributed by atoms with Gasteiger partial charge in [-0.15, -0.1) is 0 Å². The van der Waals surface area contributed by atoms with Crippen molar-refractivity contribution in [3.05, 3.63) is 18.2 Å². The molecule has 0 heterocycles. The molecule has 0 spiro atoms. The first-order chi connectivity index (χ1) is 8.90. The fourth-order valence-corrected chi connectivity index (χ4v) is 2.45. The van der Waals surface area contributed by atoms with Crippen LogP contribution in [0, 0.1) is 0 Å². The van der Waals surface area contributed by atoms with Crippen LogP contribution in [0.15, 0.2) is 23.1 Å². The maximum atomic E-state index is 11.7. The van der Waals surface area contributed by atoms with Crippen LogP contribution in [0.1, 0.15) is 13.8 Å². The molecule has 0 amide bonds. The SMILES string of the molecule is CCOCC(C)Nc1ccc(S(=O)(=O)NC)c(N)c1. The van der Waals surface area contributed by atoms with E-state index in [1.165, 1.54) is 13.1 Å². The minimum Gasteiger partial charge on any atom is -0.398 e. The van der Waals surface area contributed by atoms with Gasteiger partial charge < -0.3 is 15.8 Å². The number of hydrogen-bond donors (Lipinski definition) is 3. The van der Waals surface area contributed by atoms with Gasteiger partial charge in [-0.25, -0.2) is 13.1 Å². The summed E-state index contributed by atoms with van der Waals surface area (Å²) in [7, 11) is -2.16. The summed E-state index contributed by atoms with van der Waals surface area (Å²) in [5, 5.41) is 3.19. The smallest absolute Gasteiger partial charge is 0.242 e. The maximum Gasteiger partial charge on any atom is 0.242 e. The van der Waals surface area contributed by atoms with Crippen molar-refractivity contribution in [2.45, 2.75) is 24.8 Å². The van der Waals surface area contributed by atoms with Crippen molar-refractivity contribution >= 4 is 21.4 Å². The third kappa shape index (κ3) is 4.38. The third-order valence-electron chi connectivity index (χ3n) is 2.55. The Hall–Kier alpha value is -1.31. The van der Waals surface area contributed by atoms with Crippen LogP contribution in [-0.2, 0) is 14.8 Å². The number of rotatable bonds is 7. The van der Waals surface area contributed by atoms with Gasteiger partial charge in [-0.3, -0.25) is 0 Å². The zero-order valence-electron chi connectivity index (χ0n) is 11.4. The van der Waals surface area contributed by atoms with E-state index < -0.39 is 10.0 Å². The van der Waals surface area contributed by atoms with E-state index in [2.05, 4.69) is 10.0 Å². The Balaban J connectivity index is 2.83. The molecule has 1 aromatic carbocycles. The number of anilines is 2. The van der Waals surface area contributed by atoms with Gasteiger partial charge in [0, 0.05) is 18.3 Å². The van der Waals surface area contributed by atoms with Crippen LogP contribution in [0.3, 0.4) is 0 Å². The molecule has 19 heavy (non-hydrogen) atoms. The first-order valence-electron chi connectivity index (χ1n) is 6.08. The Bertz CT molecular complexity index is 517. The molecule has 0 aliphatic carbocycles. The van der Waals surface area contributed by atoms with Crippen molar-refractivity contribution in [2.75, 3.05) is 31.3 Å². The van der Waals surface area contributed by atoms with Crippen molar-refractivity contribution < 1.29 is 13.2 Å². The molecule has 0 bridgehead atoms. The van der Waals surface area contributed by atoms with Gasteiger partial charge in [0.1, 0.15) is 4.90 Å². The van der Waals surface area contributed by atoms with Crippen LogP contribution < -0.4 is 15.8 Å². The van der Waals surface area contributed by atoms with Gasteiger partial charge in [0.05, 0.1) is 12.3 Å². The molecule has 0 saturated carbocycles. The Labute approximate surface area is 114 Å². The maximum absolute atomic E-state index is 11.7. The predicted molar refractivity (Wildman–Crippen MR) is 76.7 cm³/mol. The van der Waals surface area contributed by atoms with E-state index in [1.807, 2.05) is 13.8 Å². The van der Waals surface area contributed by atoms with Gasteiger partial charge in [-0.1, -0.05) is 0 Å². The lowest BCUT2D eigenvalue weighted by atomic mass is 10.2. The first-order valence-corrected chi connectivity index (χ1v) is 7.56. The zero-order chi connectivity index (χ0) is 14.5. The zero-order valence-corrected chi connectivity index (χ0v) is 12.3. The topological polar surface area (TPSA) is 93.4 Å². The molecule has 1 atom stereocenters. The lowest BCUT2D eigenvalue weighted by Gasteiger charge is -2.16. The Morgan fingerprint density at radius 1 is 1.42 bits per heavy atom. The second kappa shape index (κ2) is 6.74. The average Bonchev–Trinajstić information content (AvgIpc) is 2.36. The highest BCUT2D eigenvalue weighted by Gasteiger charge is 2.15. The van der Waals surface area contributed by atoms with Crippen LogP contribution in [0.25, 0.3) is 0 Å². The molecule has 0 aliphatic rings. The third-order valence-corrected chi connectivity index (χ3v) is 4.04. The minimum absolute atomic E-state index is 0.0815. The molecular formula is C12H21N3O3S. The predicted octanol–water partition coefficient (Wildman–Crippen LogP) is 1.01. The highest BCUT2D eigenvalue weighted by molar-refractivity contribution is 7.89. The average molecular weight is 287 g/mol. The van der Waals surface area contributed by atoms with E-state index in [0.29, 0.717) is 13.2 Å². The van der Waals surface area contributed by atoms with Crippen LogP contribution >= 0.6 is 0 Å². The van der Waals surface area contributed by atoms with Gasteiger partial charge in [-0.2, -0.15) is 0 Å². The van der Waals surface area contributed by atoms with Crippen molar-refractivity contribution in [3.8, 4) is 0 Å². The number of benzene rings is 1. The highest BCUT2D eigenvalue weighted by Crippen LogP contribution is 2.22. The van der Waals surface area contributed by atoms with Crippen molar-refractivity contribution in [1.82, 2.24) is 4.72 Å². The van der Waals surface area contributed by atoms with Crippen molar-refractivity contribution in [1.29, 1.82) is 0 Å². The molecule has 0 radical (unpaired) electrons. The number of nitrogens with one attached hydrogen (secondary N) is 2. The van der Waals surface area contributed by atoms with E-state index in [4.69, 9.17) is 10.5 Å². The molecule has 4 N–H and O–H groups in total. The summed E-state index contributed by atoms with van der Waals surface area (Å²) < 4.78 is 30.9. The number of sulfonamides is 1. The van der Waals surface area contributed by atoms with E-state index in [0.717, 1.165) is 5.69 Å². The Kier molecular flexibility index (Phi) is 5.59. The Morgan fingerprint density at radius 2 is 2.11 bits per heavy atom. The number of hydrogen-bond acceptors (Lipinski definition) is 5. The van der Waals surface area contributed by atoms with Gasteiger partial charge in [0.2, 0.25) is 10.0 Å². The summed E-state index contributed by atoms with van der Waals surface area (Å²) >= 11 is 0. The largest absolute Gasteiger partial charge is 0.398 e. The fourth-order valence-electron chi connectivity index (χ4n) is 1.61. The fraction of sp³-hybridized carbons (Fsp3) is 0.500. The first kappa shape index (κ1) is 15.7. The molecule has 0 aliphatic heterocycles. The summed E-state index contributed by atoms with van der Waals surface area (Å²) in [6.07, 6.45) is 0. The van der Waals surface area contributed by atoms with Gasteiger partial charge in [0.25, 0.3) is 0 Å². The summed E-state index contributed by atoms with van der Waals surface area (Å²) in [6.45, 7) is 5.15. The van der Waals surface area contributed by atoms with E-state index >= 15 is 0 Å². The minimum atomic E-state index is -3.52. The molecule has 6 nitrogen and oxygen atoms in total. The lowest BCUT2D eigenvalue weighted by Crippen LogP contribution is -2.22. The van der Waals surface area contributed by atoms with Crippen molar-refractivity contribution in [3.63, 3.8) is 0 Å². The van der Waals surface area contributed by atoms with Crippen LogP contribution in [0.4, 0.5) is 11.4 Å². The van der Waals surface area contributed by atoms with E-state index in [9.17, 15) is 8.42 Å². The molecule has 1 aromatic rings.